The highest BCUT2D eigenvalue weighted by Crippen LogP contribution is 2.26. The van der Waals surface area contributed by atoms with Crippen LogP contribution in [0.3, 0.4) is 0 Å². The Bertz CT molecular complexity index is 764. The average Bonchev–Trinajstić information content (AvgIpc) is 2.99. The van der Waals surface area contributed by atoms with E-state index in [1.54, 1.807) is 0 Å². The lowest BCUT2D eigenvalue weighted by Gasteiger charge is -2.36. The molecule has 1 atom stereocenters. The van der Waals surface area contributed by atoms with E-state index in [1.165, 1.54) is 183 Å². The normalized spacial score (nSPS) is 16.1. The molecule has 0 fully saturated rings. The molecule has 0 spiro atoms. The number of hydrogen-bond donors (Lipinski definition) is 0. The fraction of sp³-hybridized carbons (Fsp3) is 0.763. The monoisotopic (exact) mass is 710 g/mol. The van der Waals surface area contributed by atoms with Crippen LogP contribution in [0.2, 0.25) is 0 Å². The van der Waals surface area contributed by atoms with Crippen LogP contribution in [0.25, 0.3) is 5.57 Å². The van der Waals surface area contributed by atoms with Gasteiger partial charge >= 0.3 is 0 Å². The summed E-state index contributed by atoms with van der Waals surface area (Å²) >= 11 is 0. The van der Waals surface area contributed by atoms with Crippen molar-refractivity contribution >= 4 is 22.6 Å². The summed E-state index contributed by atoms with van der Waals surface area (Å²) in [5.74, 6) is 0. The number of aromatic nitrogens is 1. The van der Waals surface area contributed by atoms with Gasteiger partial charge in [-0.05, 0) is 61.1 Å². The standard InChI is InChI=1S/C38H67N2.2BrH/c1-3-5-7-9-11-13-15-16-17-18-20-22-24-26-34-40(33-25-23-21-19-14-12-10-8-6-4-2)35-29-38(30-36-40)37-27-31-39-32-28-37;;/h27-32,35H,3-26,33-34,36H2,1-2H3;2*1H/q+1;;/p-1. The Morgan fingerprint density at radius 2 is 0.905 bits per heavy atom. The van der Waals surface area contributed by atoms with E-state index < -0.39 is 0 Å². The number of allylic oxidation sites excluding steroid dienone is 2. The number of halogens is 2. The van der Waals surface area contributed by atoms with Crippen LogP contribution in [0.5, 0.6) is 0 Å². The van der Waals surface area contributed by atoms with Crippen molar-refractivity contribution in [2.75, 3.05) is 19.6 Å². The average molecular weight is 713 g/mol. The molecule has 1 aromatic heterocycles. The van der Waals surface area contributed by atoms with Crippen molar-refractivity contribution < 1.29 is 21.5 Å². The summed E-state index contributed by atoms with van der Waals surface area (Å²) in [6.07, 6.45) is 45.6. The van der Waals surface area contributed by atoms with Gasteiger partial charge in [-0.15, -0.1) is 17.0 Å². The molecule has 1 aliphatic rings. The molecule has 0 amide bonds. The van der Waals surface area contributed by atoms with Crippen molar-refractivity contribution in [2.45, 2.75) is 168 Å². The molecule has 2 rings (SSSR count). The Balaban J connectivity index is 0.00000840. The Morgan fingerprint density at radius 1 is 0.548 bits per heavy atom. The maximum atomic E-state index is 4.20. The largest absolute Gasteiger partial charge is 1.00 e. The van der Waals surface area contributed by atoms with Gasteiger partial charge in [-0.3, -0.25) is 9.47 Å². The molecular weight excluding hydrogens is 644 g/mol. The Hall–Kier alpha value is -0.450. The van der Waals surface area contributed by atoms with Gasteiger partial charge in [-0.2, -0.15) is 0 Å². The molecule has 0 aromatic carbocycles. The molecule has 42 heavy (non-hydrogen) atoms. The van der Waals surface area contributed by atoms with Gasteiger partial charge in [0.2, 0.25) is 0 Å². The van der Waals surface area contributed by atoms with Gasteiger partial charge in [0.05, 0.1) is 19.3 Å². The molecular formula is C38H68Br2N2. The second kappa shape index (κ2) is 29.3. The van der Waals surface area contributed by atoms with Gasteiger partial charge in [0.1, 0.15) is 6.54 Å². The third kappa shape index (κ3) is 20.5. The highest BCUT2D eigenvalue weighted by atomic mass is 79.9. The van der Waals surface area contributed by atoms with Crippen molar-refractivity contribution in [3.8, 4) is 0 Å². The van der Waals surface area contributed by atoms with Crippen molar-refractivity contribution in [1.82, 2.24) is 4.98 Å². The van der Waals surface area contributed by atoms with E-state index in [2.05, 4.69) is 49.3 Å². The summed E-state index contributed by atoms with van der Waals surface area (Å²) in [5, 5.41) is 0. The lowest BCUT2D eigenvalue weighted by Crippen LogP contribution is -3.00. The number of rotatable bonds is 27. The van der Waals surface area contributed by atoms with Gasteiger partial charge in [-0.25, -0.2) is 0 Å². The minimum atomic E-state index is 0. The van der Waals surface area contributed by atoms with Crippen molar-refractivity contribution in [1.29, 1.82) is 0 Å². The first-order chi connectivity index (χ1) is 19.8. The molecule has 1 unspecified atom stereocenters. The van der Waals surface area contributed by atoms with Gasteiger partial charge in [-0.1, -0.05) is 142 Å². The van der Waals surface area contributed by atoms with Crippen molar-refractivity contribution in [2.24, 2.45) is 0 Å². The minimum Gasteiger partial charge on any atom is -1.00 e. The molecule has 4 heteroatoms. The van der Waals surface area contributed by atoms with Crippen molar-refractivity contribution in [3.05, 3.63) is 48.4 Å². The SMILES string of the molecule is Br.CCCCCCCCCCCCCCCC[N+]1(CCCCCCCCCCCC)C=CC(c2ccncc2)=CC1.[Br-]. The van der Waals surface area contributed by atoms with Crippen LogP contribution >= 0.6 is 17.0 Å². The number of nitrogens with zero attached hydrogens (tertiary/aromatic N) is 2. The molecule has 244 valence electrons. The first-order valence-electron chi connectivity index (χ1n) is 18.0. The van der Waals surface area contributed by atoms with Crippen LogP contribution in [-0.4, -0.2) is 29.1 Å². The molecule has 0 aliphatic carbocycles. The zero-order valence-corrected chi connectivity index (χ0v) is 31.1. The first-order valence-corrected chi connectivity index (χ1v) is 18.0. The summed E-state index contributed by atoms with van der Waals surface area (Å²) in [5.41, 5.74) is 2.68. The zero-order valence-electron chi connectivity index (χ0n) is 27.8. The van der Waals surface area contributed by atoms with Gasteiger partial charge in [0.25, 0.3) is 0 Å². The molecule has 2 heterocycles. The third-order valence-corrected chi connectivity index (χ3v) is 9.17. The summed E-state index contributed by atoms with van der Waals surface area (Å²) in [4.78, 5) is 4.20. The molecule has 0 bridgehead atoms. The molecule has 0 saturated heterocycles. The van der Waals surface area contributed by atoms with E-state index in [-0.39, 0.29) is 34.0 Å². The summed E-state index contributed by atoms with van der Waals surface area (Å²) in [6.45, 7) is 8.39. The van der Waals surface area contributed by atoms with Gasteiger partial charge in [0.15, 0.2) is 0 Å². The second-order valence-corrected chi connectivity index (χ2v) is 12.8. The lowest BCUT2D eigenvalue weighted by atomic mass is 10.0. The summed E-state index contributed by atoms with van der Waals surface area (Å²) in [6, 6.07) is 4.29. The smallest absolute Gasteiger partial charge is 0.102 e. The zero-order chi connectivity index (χ0) is 28.4. The predicted octanol–water partition coefficient (Wildman–Crippen LogP) is 9.79. The predicted molar refractivity (Wildman–Crippen MR) is 189 cm³/mol. The molecule has 0 saturated carbocycles. The number of quaternary nitrogens is 1. The fourth-order valence-electron chi connectivity index (χ4n) is 6.38. The molecule has 0 radical (unpaired) electrons. The highest BCUT2D eigenvalue weighted by molar-refractivity contribution is 8.93. The lowest BCUT2D eigenvalue weighted by molar-refractivity contribution is -0.874. The number of pyridine rings is 1. The molecule has 1 aromatic rings. The van der Waals surface area contributed by atoms with E-state index in [0.29, 0.717) is 0 Å². The van der Waals surface area contributed by atoms with Crippen molar-refractivity contribution in [3.63, 3.8) is 0 Å². The molecule has 1 aliphatic heterocycles. The third-order valence-electron chi connectivity index (χ3n) is 9.17. The highest BCUT2D eigenvalue weighted by Gasteiger charge is 2.26. The maximum absolute atomic E-state index is 4.20. The van der Waals surface area contributed by atoms with Crippen LogP contribution in [0, 0.1) is 0 Å². The van der Waals surface area contributed by atoms with Gasteiger partial charge in [0, 0.05) is 12.4 Å². The number of hydrogen-bond acceptors (Lipinski definition) is 1. The van der Waals surface area contributed by atoms with Crippen LogP contribution in [0.15, 0.2) is 42.9 Å². The van der Waals surface area contributed by atoms with E-state index >= 15 is 0 Å². The van der Waals surface area contributed by atoms with Crippen LogP contribution in [0.1, 0.15) is 174 Å². The van der Waals surface area contributed by atoms with Crippen LogP contribution in [0.4, 0.5) is 0 Å². The minimum absolute atomic E-state index is 0. The first kappa shape index (κ1) is 41.5. The molecule has 0 N–H and O–H groups in total. The Labute approximate surface area is 283 Å². The van der Waals surface area contributed by atoms with E-state index in [4.69, 9.17) is 0 Å². The summed E-state index contributed by atoms with van der Waals surface area (Å²) in [7, 11) is 0. The molecule has 2 nitrogen and oxygen atoms in total. The van der Waals surface area contributed by atoms with E-state index in [0.717, 1.165) is 6.54 Å². The second-order valence-electron chi connectivity index (χ2n) is 12.8. The fourth-order valence-corrected chi connectivity index (χ4v) is 6.38. The Kier molecular flexibility index (Phi) is 29.0. The van der Waals surface area contributed by atoms with Crippen LogP contribution in [-0.2, 0) is 0 Å². The topological polar surface area (TPSA) is 12.9 Å². The van der Waals surface area contributed by atoms with Gasteiger partial charge < -0.3 is 17.0 Å². The maximum Gasteiger partial charge on any atom is 0.102 e. The van der Waals surface area contributed by atoms with E-state index in [1.807, 2.05) is 12.4 Å². The Morgan fingerprint density at radius 3 is 1.24 bits per heavy atom. The number of unbranched alkanes of at least 4 members (excludes halogenated alkanes) is 22. The van der Waals surface area contributed by atoms with Crippen LogP contribution < -0.4 is 17.0 Å². The quantitative estimate of drug-likeness (QED) is 0.0654. The van der Waals surface area contributed by atoms with E-state index in [9.17, 15) is 0 Å². The summed E-state index contributed by atoms with van der Waals surface area (Å²) < 4.78 is 1.17.